The highest BCUT2D eigenvalue weighted by Crippen LogP contribution is 2.35. The number of benzene rings is 1. The van der Waals surface area contributed by atoms with Gasteiger partial charge in [-0.1, -0.05) is 18.2 Å². The summed E-state index contributed by atoms with van der Waals surface area (Å²) in [7, 11) is 0. The molecule has 0 bridgehead atoms. The van der Waals surface area contributed by atoms with Gasteiger partial charge in [0.15, 0.2) is 0 Å². The van der Waals surface area contributed by atoms with E-state index in [1.807, 2.05) is 0 Å². The lowest BCUT2D eigenvalue weighted by Gasteiger charge is -2.17. The van der Waals surface area contributed by atoms with Gasteiger partial charge in [-0.3, -0.25) is 0 Å². The minimum Gasteiger partial charge on any atom is -0.382 e. The minimum absolute atomic E-state index is 0.143. The number of aryl methyl sites for hydroxylation is 1. The summed E-state index contributed by atoms with van der Waals surface area (Å²) in [5.74, 6) is 0.390. The Hall–Kier alpha value is -1.95. The van der Waals surface area contributed by atoms with Gasteiger partial charge in [-0.25, -0.2) is 9.97 Å². The summed E-state index contributed by atoms with van der Waals surface area (Å²) >= 11 is 0. The van der Waals surface area contributed by atoms with E-state index in [-0.39, 0.29) is 11.3 Å². The molecular formula is C13H11F3N2O. The molecule has 100 valence electrons. The summed E-state index contributed by atoms with van der Waals surface area (Å²) in [5.41, 5.74) is -0.934. The molecule has 0 saturated heterocycles. The second kappa shape index (κ2) is 4.97. The molecule has 0 aliphatic heterocycles. The summed E-state index contributed by atoms with van der Waals surface area (Å²) in [6.07, 6.45) is -4.55. The first-order valence-corrected chi connectivity index (χ1v) is 5.53. The smallest absolute Gasteiger partial charge is 0.382 e. The Labute approximate surface area is 107 Å². The Kier molecular flexibility index (Phi) is 3.53. The number of alkyl halides is 3. The summed E-state index contributed by atoms with van der Waals surface area (Å²) in [5, 5.41) is 10.1. The molecular weight excluding hydrogens is 257 g/mol. The van der Waals surface area contributed by atoms with Crippen molar-refractivity contribution < 1.29 is 18.3 Å². The van der Waals surface area contributed by atoms with Gasteiger partial charge in [-0.05, 0) is 24.6 Å². The zero-order valence-electron chi connectivity index (χ0n) is 10.0. The lowest BCUT2D eigenvalue weighted by Crippen LogP contribution is -2.13. The lowest BCUT2D eigenvalue weighted by atomic mass is 9.99. The van der Waals surface area contributed by atoms with Gasteiger partial charge in [0.1, 0.15) is 11.9 Å². The fourth-order valence-electron chi connectivity index (χ4n) is 1.78. The van der Waals surface area contributed by atoms with E-state index in [2.05, 4.69) is 9.97 Å². The maximum atomic E-state index is 12.9. The topological polar surface area (TPSA) is 46.0 Å². The third-order valence-corrected chi connectivity index (χ3v) is 2.64. The fraction of sp³-hybridized carbons (Fsp3) is 0.231. The first kappa shape index (κ1) is 13.5. The molecule has 6 heteroatoms. The van der Waals surface area contributed by atoms with E-state index in [0.29, 0.717) is 5.82 Å². The number of nitrogens with zero attached hydrogens (tertiary/aromatic N) is 2. The average Bonchev–Trinajstić information content (AvgIpc) is 2.37. The minimum atomic E-state index is -4.51. The first-order valence-electron chi connectivity index (χ1n) is 5.53. The van der Waals surface area contributed by atoms with Crippen molar-refractivity contribution in [3.63, 3.8) is 0 Å². The summed E-state index contributed by atoms with van der Waals surface area (Å²) < 4.78 is 38.6. The van der Waals surface area contributed by atoms with Gasteiger partial charge in [-0.2, -0.15) is 13.2 Å². The molecule has 2 rings (SSSR count). The highest BCUT2D eigenvalue weighted by atomic mass is 19.4. The van der Waals surface area contributed by atoms with Gasteiger partial charge in [0.05, 0.1) is 11.3 Å². The number of hydrogen-bond acceptors (Lipinski definition) is 3. The molecule has 1 aromatic heterocycles. The largest absolute Gasteiger partial charge is 0.416 e. The van der Waals surface area contributed by atoms with Crippen molar-refractivity contribution in [3.8, 4) is 0 Å². The van der Waals surface area contributed by atoms with Crippen LogP contribution in [0.3, 0.4) is 0 Å². The third kappa shape index (κ3) is 2.90. The molecule has 0 radical (unpaired) electrons. The van der Waals surface area contributed by atoms with E-state index in [9.17, 15) is 18.3 Å². The van der Waals surface area contributed by atoms with Crippen LogP contribution < -0.4 is 0 Å². The number of aliphatic hydroxyl groups is 1. The maximum absolute atomic E-state index is 12.9. The van der Waals surface area contributed by atoms with Gasteiger partial charge in [0.2, 0.25) is 0 Å². The van der Waals surface area contributed by atoms with E-state index < -0.39 is 17.8 Å². The Bertz CT molecular complexity index is 584. The van der Waals surface area contributed by atoms with Gasteiger partial charge in [0, 0.05) is 6.20 Å². The maximum Gasteiger partial charge on any atom is 0.416 e. The fourth-order valence-corrected chi connectivity index (χ4v) is 1.78. The number of rotatable bonds is 2. The van der Waals surface area contributed by atoms with Crippen LogP contribution in [-0.4, -0.2) is 15.1 Å². The van der Waals surface area contributed by atoms with E-state index in [4.69, 9.17) is 0 Å². The standard InChI is InChI=1S/C13H11F3N2O/c1-8-17-7-6-11(18-8)12(19)9-4-2-3-5-10(9)13(14,15)16/h2-7,12,19H,1H3. The zero-order valence-corrected chi connectivity index (χ0v) is 10.0. The molecule has 1 aromatic carbocycles. The highest BCUT2D eigenvalue weighted by molar-refractivity contribution is 5.35. The van der Waals surface area contributed by atoms with E-state index >= 15 is 0 Å². The van der Waals surface area contributed by atoms with Gasteiger partial charge >= 0.3 is 6.18 Å². The van der Waals surface area contributed by atoms with Crippen molar-refractivity contribution in [2.24, 2.45) is 0 Å². The number of halogens is 3. The van der Waals surface area contributed by atoms with Crippen LogP contribution in [-0.2, 0) is 6.18 Å². The lowest BCUT2D eigenvalue weighted by molar-refractivity contribution is -0.139. The SMILES string of the molecule is Cc1nccc(C(O)c2ccccc2C(F)(F)F)n1. The molecule has 3 nitrogen and oxygen atoms in total. The Balaban J connectivity index is 2.48. The second-order valence-corrected chi connectivity index (χ2v) is 4.02. The zero-order chi connectivity index (χ0) is 14.0. The molecule has 2 aromatic rings. The first-order chi connectivity index (χ1) is 8.89. The van der Waals surface area contributed by atoms with Gasteiger partial charge in [-0.15, -0.1) is 0 Å². The van der Waals surface area contributed by atoms with Crippen LogP contribution in [0.15, 0.2) is 36.5 Å². The van der Waals surface area contributed by atoms with Crippen molar-refractivity contribution in [2.45, 2.75) is 19.2 Å². The van der Waals surface area contributed by atoms with Crippen molar-refractivity contribution in [3.05, 3.63) is 59.2 Å². The van der Waals surface area contributed by atoms with E-state index in [1.165, 1.54) is 30.5 Å². The van der Waals surface area contributed by atoms with Crippen LogP contribution in [0.1, 0.15) is 28.7 Å². The molecule has 0 aliphatic rings. The molecule has 19 heavy (non-hydrogen) atoms. The monoisotopic (exact) mass is 268 g/mol. The van der Waals surface area contributed by atoms with E-state index in [0.717, 1.165) is 6.07 Å². The molecule has 0 amide bonds. The Morgan fingerprint density at radius 3 is 2.47 bits per heavy atom. The predicted molar refractivity (Wildman–Crippen MR) is 62.3 cm³/mol. The van der Waals surface area contributed by atoms with Crippen molar-refractivity contribution in [2.75, 3.05) is 0 Å². The third-order valence-electron chi connectivity index (χ3n) is 2.64. The van der Waals surface area contributed by atoms with Crippen molar-refractivity contribution >= 4 is 0 Å². The van der Waals surface area contributed by atoms with Crippen LogP contribution in [0.25, 0.3) is 0 Å². The van der Waals surface area contributed by atoms with Crippen LogP contribution in [0, 0.1) is 6.92 Å². The molecule has 1 atom stereocenters. The molecule has 1 unspecified atom stereocenters. The van der Waals surface area contributed by atoms with Crippen LogP contribution >= 0.6 is 0 Å². The number of hydrogen-bond donors (Lipinski definition) is 1. The number of aromatic nitrogens is 2. The quantitative estimate of drug-likeness (QED) is 0.911. The van der Waals surface area contributed by atoms with Crippen molar-refractivity contribution in [1.82, 2.24) is 9.97 Å². The van der Waals surface area contributed by atoms with Gasteiger partial charge in [0.25, 0.3) is 0 Å². The van der Waals surface area contributed by atoms with Crippen LogP contribution in [0.5, 0.6) is 0 Å². The Morgan fingerprint density at radius 2 is 1.84 bits per heavy atom. The highest BCUT2D eigenvalue weighted by Gasteiger charge is 2.35. The summed E-state index contributed by atoms with van der Waals surface area (Å²) in [6.45, 7) is 1.60. The molecule has 1 heterocycles. The summed E-state index contributed by atoms with van der Waals surface area (Å²) in [4.78, 5) is 7.79. The van der Waals surface area contributed by atoms with Gasteiger partial charge < -0.3 is 5.11 Å². The van der Waals surface area contributed by atoms with Crippen LogP contribution in [0.4, 0.5) is 13.2 Å². The van der Waals surface area contributed by atoms with Crippen molar-refractivity contribution in [1.29, 1.82) is 0 Å². The molecule has 0 fully saturated rings. The van der Waals surface area contributed by atoms with E-state index in [1.54, 1.807) is 6.92 Å². The Morgan fingerprint density at radius 1 is 1.16 bits per heavy atom. The average molecular weight is 268 g/mol. The number of aliphatic hydroxyl groups excluding tert-OH is 1. The second-order valence-electron chi connectivity index (χ2n) is 4.02. The molecule has 0 saturated carbocycles. The molecule has 1 N–H and O–H groups in total. The molecule has 0 spiro atoms. The van der Waals surface area contributed by atoms with Crippen LogP contribution in [0.2, 0.25) is 0 Å². The normalized spacial score (nSPS) is 13.3. The predicted octanol–water partition coefficient (Wildman–Crippen LogP) is 2.89. The summed E-state index contributed by atoms with van der Waals surface area (Å²) in [6, 6.07) is 6.30. The molecule has 0 aliphatic carbocycles.